The van der Waals surface area contributed by atoms with E-state index in [0.29, 0.717) is 6.54 Å². The Morgan fingerprint density at radius 1 is 1.35 bits per heavy atom. The third-order valence-corrected chi connectivity index (χ3v) is 3.53. The minimum atomic E-state index is -0.504. The van der Waals surface area contributed by atoms with Crippen molar-refractivity contribution >= 4 is 6.09 Å². The molecule has 0 spiro atoms. The first-order valence-electron chi connectivity index (χ1n) is 7.08. The maximum Gasteiger partial charge on any atom is 0.410 e. The summed E-state index contributed by atoms with van der Waals surface area (Å²) >= 11 is 0. The molecule has 0 radical (unpaired) electrons. The van der Waals surface area contributed by atoms with Crippen molar-refractivity contribution in [2.75, 3.05) is 13.2 Å². The second-order valence-electron chi connectivity index (χ2n) is 6.26. The van der Waals surface area contributed by atoms with Gasteiger partial charge in [-0.05, 0) is 32.8 Å². The molecule has 1 saturated heterocycles. The van der Waals surface area contributed by atoms with Crippen LogP contribution in [0.1, 0.15) is 38.8 Å². The number of ether oxygens (including phenoxy) is 1. The standard InChI is InChI=1S/C16H23NO3/c1-16(2,3)20-15(19)17-10-9-13(11-18)14(17)12-7-5-4-6-8-12/h4-8,13-14,18H,9-11H2,1-3H3/t13-,14+/m0/s1. The van der Waals surface area contributed by atoms with Crippen LogP contribution in [0.5, 0.6) is 0 Å². The highest BCUT2D eigenvalue weighted by Gasteiger charge is 2.39. The lowest BCUT2D eigenvalue weighted by atomic mass is 9.94. The number of rotatable bonds is 2. The molecule has 0 saturated carbocycles. The van der Waals surface area contributed by atoms with Crippen molar-refractivity contribution in [2.45, 2.75) is 38.8 Å². The quantitative estimate of drug-likeness (QED) is 0.904. The minimum absolute atomic E-state index is 0.0740. The number of hydrogen-bond acceptors (Lipinski definition) is 3. The van der Waals surface area contributed by atoms with E-state index in [4.69, 9.17) is 4.74 Å². The molecule has 1 heterocycles. The van der Waals surface area contributed by atoms with Crippen LogP contribution in [0.25, 0.3) is 0 Å². The molecule has 1 amide bonds. The number of nitrogens with zero attached hydrogens (tertiary/aromatic N) is 1. The van der Waals surface area contributed by atoms with Gasteiger partial charge in [-0.1, -0.05) is 30.3 Å². The van der Waals surface area contributed by atoms with Crippen LogP contribution in [-0.4, -0.2) is 34.9 Å². The molecule has 1 aromatic rings. The van der Waals surface area contributed by atoms with Crippen LogP contribution >= 0.6 is 0 Å². The molecule has 110 valence electrons. The van der Waals surface area contributed by atoms with E-state index in [-0.39, 0.29) is 24.7 Å². The minimum Gasteiger partial charge on any atom is -0.444 e. The Labute approximate surface area is 120 Å². The molecule has 4 heteroatoms. The number of carbonyl (C=O) groups excluding carboxylic acids is 1. The largest absolute Gasteiger partial charge is 0.444 e. The fourth-order valence-corrected chi connectivity index (χ4v) is 2.68. The second kappa shape index (κ2) is 5.83. The fraction of sp³-hybridized carbons (Fsp3) is 0.562. The summed E-state index contributed by atoms with van der Waals surface area (Å²) in [6.45, 7) is 6.30. The molecule has 2 rings (SSSR count). The van der Waals surface area contributed by atoms with Crippen LogP contribution in [0.15, 0.2) is 30.3 Å². The van der Waals surface area contributed by atoms with E-state index < -0.39 is 5.60 Å². The van der Waals surface area contributed by atoms with Crippen LogP contribution in [0.2, 0.25) is 0 Å². The van der Waals surface area contributed by atoms with Gasteiger partial charge in [0.1, 0.15) is 5.60 Å². The van der Waals surface area contributed by atoms with Crippen molar-refractivity contribution in [3.8, 4) is 0 Å². The van der Waals surface area contributed by atoms with Crippen molar-refractivity contribution in [1.29, 1.82) is 0 Å². The second-order valence-corrected chi connectivity index (χ2v) is 6.26. The normalized spacial score (nSPS) is 22.9. The van der Waals surface area contributed by atoms with Crippen LogP contribution in [0.4, 0.5) is 4.79 Å². The summed E-state index contributed by atoms with van der Waals surface area (Å²) in [4.78, 5) is 14.1. The van der Waals surface area contributed by atoms with E-state index in [0.717, 1.165) is 12.0 Å². The number of hydrogen-bond donors (Lipinski definition) is 1. The van der Waals surface area contributed by atoms with E-state index >= 15 is 0 Å². The Balaban J connectivity index is 2.22. The van der Waals surface area contributed by atoms with E-state index in [9.17, 15) is 9.90 Å². The molecule has 0 aromatic heterocycles. The van der Waals surface area contributed by atoms with Crippen molar-refractivity contribution in [2.24, 2.45) is 5.92 Å². The third kappa shape index (κ3) is 3.31. The van der Waals surface area contributed by atoms with E-state index in [2.05, 4.69) is 0 Å². The zero-order valence-electron chi connectivity index (χ0n) is 12.4. The monoisotopic (exact) mass is 277 g/mol. The first-order valence-corrected chi connectivity index (χ1v) is 7.08. The number of benzene rings is 1. The predicted octanol–water partition coefficient (Wildman–Crippen LogP) is 2.98. The molecule has 1 aromatic carbocycles. The topological polar surface area (TPSA) is 49.8 Å². The summed E-state index contributed by atoms with van der Waals surface area (Å²) in [6, 6.07) is 9.75. The molecule has 4 nitrogen and oxygen atoms in total. The van der Waals surface area contributed by atoms with Crippen molar-refractivity contribution in [1.82, 2.24) is 4.90 Å². The maximum absolute atomic E-state index is 12.3. The fourth-order valence-electron chi connectivity index (χ4n) is 2.68. The van der Waals surface area contributed by atoms with Gasteiger partial charge in [0.2, 0.25) is 0 Å². The molecule has 20 heavy (non-hydrogen) atoms. The smallest absolute Gasteiger partial charge is 0.410 e. The number of amides is 1. The Kier molecular flexibility index (Phi) is 4.33. The Morgan fingerprint density at radius 3 is 2.55 bits per heavy atom. The average Bonchev–Trinajstić information content (AvgIpc) is 2.81. The summed E-state index contributed by atoms with van der Waals surface area (Å²) in [7, 11) is 0. The zero-order chi connectivity index (χ0) is 14.8. The summed E-state index contributed by atoms with van der Waals surface area (Å²) in [5.41, 5.74) is 0.546. The zero-order valence-corrected chi connectivity index (χ0v) is 12.4. The molecule has 1 N–H and O–H groups in total. The molecule has 0 unspecified atom stereocenters. The highest BCUT2D eigenvalue weighted by molar-refractivity contribution is 5.69. The lowest BCUT2D eigenvalue weighted by Crippen LogP contribution is -2.37. The molecule has 2 atom stereocenters. The van der Waals surface area contributed by atoms with Crippen molar-refractivity contribution in [3.63, 3.8) is 0 Å². The third-order valence-electron chi connectivity index (χ3n) is 3.53. The number of carbonyl (C=O) groups is 1. The van der Waals surface area contributed by atoms with Gasteiger partial charge in [-0.2, -0.15) is 0 Å². The van der Waals surface area contributed by atoms with Gasteiger partial charge in [0.05, 0.1) is 6.04 Å². The van der Waals surface area contributed by atoms with Gasteiger partial charge in [0.15, 0.2) is 0 Å². The summed E-state index contributed by atoms with van der Waals surface area (Å²) in [6.07, 6.45) is 0.497. The summed E-state index contributed by atoms with van der Waals surface area (Å²) < 4.78 is 5.47. The SMILES string of the molecule is CC(C)(C)OC(=O)N1CC[C@@H](CO)[C@H]1c1ccccc1. The molecule has 0 bridgehead atoms. The summed E-state index contributed by atoms with van der Waals surface area (Å²) in [5.74, 6) is 0.0740. The van der Waals surface area contributed by atoms with Crippen LogP contribution in [-0.2, 0) is 4.74 Å². The van der Waals surface area contributed by atoms with Crippen molar-refractivity contribution in [3.05, 3.63) is 35.9 Å². The van der Waals surface area contributed by atoms with Gasteiger partial charge >= 0.3 is 6.09 Å². The van der Waals surface area contributed by atoms with Crippen LogP contribution in [0, 0.1) is 5.92 Å². The lowest BCUT2D eigenvalue weighted by molar-refractivity contribution is 0.0192. The van der Waals surface area contributed by atoms with Crippen molar-refractivity contribution < 1.29 is 14.6 Å². The molecular formula is C16H23NO3. The molecule has 0 aliphatic carbocycles. The van der Waals surface area contributed by atoms with Gasteiger partial charge in [0, 0.05) is 19.1 Å². The highest BCUT2D eigenvalue weighted by atomic mass is 16.6. The average molecular weight is 277 g/mol. The predicted molar refractivity (Wildman–Crippen MR) is 77.3 cm³/mol. The Morgan fingerprint density at radius 2 is 2.00 bits per heavy atom. The molecular weight excluding hydrogens is 254 g/mol. The number of likely N-dealkylation sites (tertiary alicyclic amines) is 1. The number of aliphatic hydroxyl groups is 1. The van der Waals surface area contributed by atoms with Gasteiger partial charge in [-0.25, -0.2) is 4.79 Å². The van der Waals surface area contributed by atoms with Crippen LogP contribution in [0.3, 0.4) is 0 Å². The molecule has 1 aliphatic heterocycles. The van der Waals surface area contributed by atoms with Crippen LogP contribution < -0.4 is 0 Å². The lowest BCUT2D eigenvalue weighted by Gasteiger charge is -2.30. The molecule has 1 fully saturated rings. The van der Waals surface area contributed by atoms with Gasteiger partial charge in [-0.3, -0.25) is 0 Å². The van der Waals surface area contributed by atoms with Gasteiger partial charge in [0.25, 0.3) is 0 Å². The Bertz CT molecular complexity index is 453. The first-order chi connectivity index (χ1) is 9.42. The molecule has 1 aliphatic rings. The van der Waals surface area contributed by atoms with E-state index in [1.165, 1.54) is 0 Å². The number of aliphatic hydroxyl groups excluding tert-OH is 1. The Hall–Kier alpha value is -1.55. The first kappa shape index (κ1) is 14.9. The highest BCUT2D eigenvalue weighted by Crippen LogP contribution is 2.37. The van der Waals surface area contributed by atoms with Gasteiger partial charge < -0.3 is 14.7 Å². The summed E-state index contributed by atoms with van der Waals surface area (Å²) in [5, 5.41) is 9.55. The van der Waals surface area contributed by atoms with E-state index in [1.807, 2.05) is 51.1 Å². The van der Waals surface area contributed by atoms with Gasteiger partial charge in [-0.15, -0.1) is 0 Å². The maximum atomic E-state index is 12.3. The van der Waals surface area contributed by atoms with E-state index in [1.54, 1.807) is 4.90 Å².